The molecule has 1 N–H and O–H groups in total. The zero-order valence-corrected chi connectivity index (χ0v) is 17.0. The molecule has 0 bridgehead atoms. The van der Waals surface area contributed by atoms with Crippen LogP contribution in [0.1, 0.15) is 44.9 Å². The van der Waals surface area contributed by atoms with E-state index in [1.807, 2.05) is 12.3 Å². The second-order valence-corrected chi connectivity index (χ2v) is 8.23. The molecule has 7 nitrogen and oxygen atoms in total. The van der Waals surface area contributed by atoms with Gasteiger partial charge < -0.3 is 14.9 Å². The molecule has 2 saturated heterocycles. The fraction of sp³-hybridized carbons (Fsp3) is 0.762. The van der Waals surface area contributed by atoms with Gasteiger partial charge in [-0.1, -0.05) is 12.8 Å². The lowest BCUT2D eigenvalue weighted by Crippen LogP contribution is -2.46. The van der Waals surface area contributed by atoms with E-state index in [0.717, 1.165) is 52.1 Å². The summed E-state index contributed by atoms with van der Waals surface area (Å²) >= 11 is 0. The SMILES string of the molecule is O=C(O)CC1CCN(CCCCCCN2CCN(c3ccnnc3)CC2)CC1. The quantitative estimate of drug-likeness (QED) is 0.616. The van der Waals surface area contributed by atoms with E-state index in [0.29, 0.717) is 12.3 Å². The van der Waals surface area contributed by atoms with Crippen LogP contribution in [0.25, 0.3) is 0 Å². The van der Waals surface area contributed by atoms with Crippen LogP contribution in [0.4, 0.5) is 5.69 Å². The minimum absolute atomic E-state index is 0.349. The Kier molecular flexibility index (Phi) is 8.48. The third-order valence-electron chi connectivity index (χ3n) is 6.18. The maximum absolute atomic E-state index is 10.8. The van der Waals surface area contributed by atoms with Crippen molar-refractivity contribution in [2.45, 2.75) is 44.9 Å². The van der Waals surface area contributed by atoms with E-state index in [9.17, 15) is 4.79 Å². The zero-order chi connectivity index (χ0) is 19.6. The molecule has 3 heterocycles. The Balaban J connectivity index is 1.18. The summed E-state index contributed by atoms with van der Waals surface area (Å²) in [6.45, 7) is 8.96. The Morgan fingerprint density at radius 1 is 0.929 bits per heavy atom. The molecule has 0 saturated carbocycles. The molecule has 0 aromatic carbocycles. The van der Waals surface area contributed by atoms with E-state index in [1.54, 1.807) is 6.20 Å². The van der Waals surface area contributed by atoms with Crippen molar-refractivity contribution < 1.29 is 9.90 Å². The lowest BCUT2D eigenvalue weighted by atomic mass is 9.93. The number of anilines is 1. The summed E-state index contributed by atoms with van der Waals surface area (Å²) in [5.74, 6) is -0.252. The van der Waals surface area contributed by atoms with Crippen LogP contribution in [0.5, 0.6) is 0 Å². The van der Waals surface area contributed by atoms with Gasteiger partial charge in [0.2, 0.25) is 0 Å². The molecular weight excluding hydrogens is 354 g/mol. The van der Waals surface area contributed by atoms with Crippen LogP contribution in [0.3, 0.4) is 0 Å². The molecule has 2 aliphatic heterocycles. The maximum atomic E-state index is 10.8. The molecule has 2 fully saturated rings. The Hall–Kier alpha value is -1.73. The third-order valence-corrected chi connectivity index (χ3v) is 6.18. The van der Waals surface area contributed by atoms with Gasteiger partial charge in [0.1, 0.15) is 0 Å². The number of rotatable bonds is 10. The molecule has 0 spiro atoms. The molecule has 0 atom stereocenters. The van der Waals surface area contributed by atoms with Crippen LogP contribution >= 0.6 is 0 Å². The number of unbranched alkanes of at least 4 members (excludes halogenated alkanes) is 3. The number of likely N-dealkylation sites (tertiary alicyclic amines) is 1. The molecule has 3 rings (SSSR count). The molecule has 7 heteroatoms. The maximum Gasteiger partial charge on any atom is 0.303 e. The number of piperidine rings is 1. The number of hydrogen-bond donors (Lipinski definition) is 1. The second kappa shape index (κ2) is 11.3. The number of aromatic nitrogens is 2. The van der Waals surface area contributed by atoms with Gasteiger partial charge in [-0.15, -0.1) is 0 Å². The van der Waals surface area contributed by atoms with Gasteiger partial charge in [-0.25, -0.2) is 0 Å². The number of piperazine rings is 1. The van der Waals surface area contributed by atoms with E-state index in [2.05, 4.69) is 24.9 Å². The van der Waals surface area contributed by atoms with Gasteiger partial charge in [-0.3, -0.25) is 9.69 Å². The predicted octanol–water partition coefficient (Wildman–Crippen LogP) is 2.35. The summed E-state index contributed by atoms with van der Waals surface area (Å²) in [5, 5.41) is 16.7. The molecule has 0 unspecified atom stereocenters. The van der Waals surface area contributed by atoms with Gasteiger partial charge >= 0.3 is 5.97 Å². The topological polar surface area (TPSA) is 72.8 Å². The van der Waals surface area contributed by atoms with E-state index < -0.39 is 5.97 Å². The van der Waals surface area contributed by atoms with Gasteiger partial charge in [0.05, 0.1) is 18.1 Å². The monoisotopic (exact) mass is 389 g/mol. The van der Waals surface area contributed by atoms with Crippen LogP contribution in [0.2, 0.25) is 0 Å². The molecule has 28 heavy (non-hydrogen) atoms. The van der Waals surface area contributed by atoms with Crippen molar-refractivity contribution in [2.75, 3.05) is 57.3 Å². The molecule has 0 aliphatic carbocycles. The highest BCUT2D eigenvalue weighted by molar-refractivity contribution is 5.67. The minimum atomic E-state index is -0.644. The first-order chi connectivity index (χ1) is 13.7. The van der Waals surface area contributed by atoms with Gasteiger partial charge in [0.15, 0.2) is 0 Å². The minimum Gasteiger partial charge on any atom is -0.481 e. The van der Waals surface area contributed by atoms with Crippen LogP contribution in [0, 0.1) is 5.92 Å². The highest BCUT2D eigenvalue weighted by Crippen LogP contribution is 2.21. The Labute approximate surface area is 168 Å². The molecular formula is C21H35N5O2. The fourth-order valence-electron chi connectivity index (χ4n) is 4.39. The number of hydrogen-bond acceptors (Lipinski definition) is 6. The predicted molar refractivity (Wildman–Crippen MR) is 111 cm³/mol. The largest absolute Gasteiger partial charge is 0.481 e. The number of nitrogens with zero attached hydrogens (tertiary/aromatic N) is 5. The van der Waals surface area contributed by atoms with Gasteiger partial charge in [-0.05, 0) is 63.8 Å². The van der Waals surface area contributed by atoms with Crippen molar-refractivity contribution in [1.29, 1.82) is 0 Å². The van der Waals surface area contributed by atoms with Crippen molar-refractivity contribution in [3.8, 4) is 0 Å². The van der Waals surface area contributed by atoms with Crippen LogP contribution in [0.15, 0.2) is 18.5 Å². The normalized spacial score (nSPS) is 19.8. The summed E-state index contributed by atoms with van der Waals surface area (Å²) in [4.78, 5) is 18.3. The first-order valence-electron chi connectivity index (χ1n) is 10.9. The van der Waals surface area contributed by atoms with E-state index in [1.165, 1.54) is 44.5 Å². The van der Waals surface area contributed by atoms with Crippen LogP contribution < -0.4 is 4.90 Å². The van der Waals surface area contributed by atoms with E-state index >= 15 is 0 Å². The average molecular weight is 390 g/mol. The average Bonchev–Trinajstić information content (AvgIpc) is 2.72. The van der Waals surface area contributed by atoms with Gasteiger partial charge in [0, 0.05) is 32.6 Å². The summed E-state index contributed by atoms with van der Waals surface area (Å²) in [6.07, 6.45) is 11.2. The highest BCUT2D eigenvalue weighted by atomic mass is 16.4. The van der Waals surface area contributed by atoms with Crippen molar-refractivity contribution in [3.63, 3.8) is 0 Å². The summed E-state index contributed by atoms with van der Waals surface area (Å²) in [6, 6.07) is 2.04. The number of carbonyl (C=O) groups is 1. The molecule has 156 valence electrons. The lowest BCUT2D eigenvalue weighted by molar-refractivity contribution is -0.138. The summed E-state index contributed by atoms with van der Waals surface area (Å²) < 4.78 is 0. The molecule has 0 amide bonds. The number of aliphatic carboxylic acids is 1. The Bertz CT molecular complexity index is 569. The first kappa shape index (κ1) is 21.0. The smallest absolute Gasteiger partial charge is 0.303 e. The molecule has 2 aliphatic rings. The highest BCUT2D eigenvalue weighted by Gasteiger charge is 2.21. The fourth-order valence-corrected chi connectivity index (χ4v) is 4.39. The second-order valence-electron chi connectivity index (χ2n) is 8.23. The van der Waals surface area contributed by atoms with Crippen molar-refractivity contribution in [1.82, 2.24) is 20.0 Å². The third kappa shape index (κ3) is 7.02. The molecule has 0 radical (unpaired) electrons. The van der Waals surface area contributed by atoms with Crippen LogP contribution in [-0.2, 0) is 4.79 Å². The molecule has 1 aromatic heterocycles. The Morgan fingerprint density at radius 3 is 2.14 bits per heavy atom. The van der Waals surface area contributed by atoms with Gasteiger partial charge in [-0.2, -0.15) is 10.2 Å². The zero-order valence-electron chi connectivity index (χ0n) is 17.0. The van der Waals surface area contributed by atoms with Crippen molar-refractivity contribution in [3.05, 3.63) is 18.5 Å². The van der Waals surface area contributed by atoms with Crippen molar-refractivity contribution >= 4 is 11.7 Å². The Morgan fingerprint density at radius 2 is 1.57 bits per heavy atom. The summed E-state index contributed by atoms with van der Waals surface area (Å²) in [5.41, 5.74) is 1.18. The van der Waals surface area contributed by atoms with E-state index in [-0.39, 0.29) is 0 Å². The first-order valence-corrected chi connectivity index (χ1v) is 10.9. The standard InChI is InChI=1S/C21H35N5O2/c27-21(28)17-19-6-11-24(12-7-19)9-3-1-2-4-10-25-13-15-26(16-14-25)20-5-8-22-23-18-20/h5,8,18-19H,1-4,6-7,9-17H2,(H,27,28). The lowest BCUT2D eigenvalue weighted by Gasteiger charge is -2.35. The van der Waals surface area contributed by atoms with E-state index in [4.69, 9.17) is 5.11 Å². The summed E-state index contributed by atoms with van der Waals surface area (Å²) in [7, 11) is 0. The van der Waals surface area contributed by atoms with Gasteiger partial charge in [0.25, 0.3) is 0 Å². The van der Waals surface area contributed by atoms with Crippen molar-refractivity contribution in [2.24, 2.45) is 5.92 Å². The van der Waals surface area contributed by atoms with Crippen LogP contribution in [-0.4, -0.2) is 83.4 Å². The molecule has 1 aromatic rings. The number of carboxylic acid groups (broad SMARTS) is 1. The number of carboxylic acids is 1.